The molecule has 0 aliphatic carbocycles. The number of anilines is 1. The summed E-state index contributed by atoms with van der Waals surface area (Å²) < 4.78 is 7.13. The largest absolute Gasteiger partial charge is 0.491 e. The van der Waals surface area contributed by atoms with Crippen molar-refractivity contribution in [1.82, 2.24) is 14.8 Å². The average molecular weight is 575 g/mol. The topological polar surface area (TPSA) is 109 Å². The summed E-state index contributed by atoms with van der Waals surface area (Å²) in [7, 11) is 2.19. The summed E-state index contributed by atoms with van der Waals surface area (Å²) in [6.45, 7) is 5.31. The first-order chi connectivity index (χ1) is 19.9. The number of hydrogen-bond donors (Lipinski definition) is 2. The quantitative estimate of drug-likeness (QED) is 0.291. The van der Waals surface area contributed by atoms with Crippen molar-refractivity contribution < 1.29 is 19.4 Å². The van der Waals surface area contributed by atoms with Crippen LogP contribution in [0.1, 0.15) is 52.2 Å². The maximum absolute atomic E-state index is 13.8. The molecule has 1 aromatic heterocycles. The fourth-order valence-corrected chi connectivity index (χ4v) is 6.17. The Bertz CT molecular complexity index is 1440. The van der Waals surface area contributed by atoms with Crippen molar-refractivity contribution >= 4 is 39.1 Å². The maximum Gasteiger partial charge on any atom is 0.290 e. The third-order valence-corrected chi connectivity index (χ3v) is 8.27. The van der Waals surface area contributed by atoms with E-state index in [2.05, 4.69) is 72.4 Å². The van der Waals surface area contributed by atoms with Crippen LogP contribution in [0.25, 0.3) is 10.2 Å². The first-order valence-electron chi connectivity index (χ1n) is 13.9. The minimum atomic E-state index is -0.250. The van der Waals surface area contributed by atoms with E-state index in [1.54, 1.807) is 0 Å². The molecular formula is C32H38N4O4S. The second kappa shape index (κ2) is 14.6. The zero-order valence-electron chi connectivity index (χ0n) is 23.7. The number of nitrogen functional groups attached to an aromatic ring is 1. The van der Waals surface area contributed by atoms with E-state index in [9.17, 15) is 4.79 Å². The fraction of sp³-hybridized carbons (Fsp3) is 0.344. The molecule has 1 aliphatic rings. The number of amides is 1. The Balaban J connectivity index is 0.00000124. The third kappa shape index (κ3) is 8.05. The number of carbonyl (C=O) groups excluding carboxylic acids is 1. The van der Waals surface area contributed by atoms with Gasteiger partial charge in [0.2, 0.25) is 0 Å². The van der Waals surface area contributed by atoms with E-state index in [1.165, 1.54) is 28.0 Å². The molecule has 1 unspecified atom stereocenters. The molecule has 41 heavy (non-hydrogen) atoms. The van der Waals surface area contributed by atoms with E-state index in [4.69, 9.17) is 20.4 Å². The van der Waals surface area contributed by atoms with Crippen LogP contribution >= 0.6 is 11.3 Å². The number of hydrogen-bond acceptors (Lipinski definition) is 7. The minimum absolute atomic E-state index is 0.00932. The van der Waals surface area contributed by atoms with Gasteiger partial charge in [0, 0.05) is 18.7 Å². The molecule has 3 aromatic carbocycles. The van der Waals surface area contributed by atoms with Gasteiger partial charge >= 0.3 is 0 Å². The summed E-state index contributed by atoms with van der Waals surface area (Å²) in [5.74, 6) is 1.34. The lowest BCUT2D eigenvalue weighted by Gasteiger charge is -2.27. The number of ether oxygens (including phenoxy) is 1. The molecule has 0 bridgehead atoms. The lowest BCUT2D eigenvalue weighted by molar-refractivity contribution is -0.122. The second-order valence-corrected chi connectivity index (χ2v) is 11.4. The van der Waals surface area contributed by atoms with E-state index in [-0.39, 0.29) is 12.4 Å². The number of carboxylic acid groups (broad SMARTS) is 1. The number of rotatable bonds is 2. The van der Waals surface area contributed by atoms with Gasteiger partial charge in [0.25, 0.3) is 12.4 Å². The number of aromatic nitrogens is 1. The smallest absolute Gasteiger partial charge is 0.290 e. The van der Waals surface area contributed by atoms with Crippen LogP contribution in [0.2, 0.25) is 0 Å². The van der Waals surface area contributed by atoms with Crippen LogP contribution in [0.5, 0.6) is 5.75 Å². The number of thiazole rings is 1. The Morgan fingerprint density at radius 2 is 1.85 bits per heavy atom. The normalized spacial score (nSPS) is 16.9. The number of nitrogens with two attached hydrogens (primary N) is 1. The first-order valence-corrected chi connectivity index (χ1v) is 14.7. The Morgan fingerprint density at radius 3 is 2.63 bits per heavy atom. The second-order valence-electron chi connectivity index (χ2n) is 10.3. The van der Waals surface area contributed by atoms with Crippen LogP contribution in [0, 0.1) is 6.92 Å². The number of fused-ring (bicyclic) bond motifs is 2. The predicted octanol–water partition coefficient (Wildman–Crippen LogP) is 5.81. The molecule has 4 aromatic rings. The van der Waals surface area contributed by atoms with Crippen molar-refractivity contribution in [1.29, 1.82) is 0 Å². The highest BCUT2D eigenvalue weighted by atomic mass is 32.1. The zero-order valence-corrected chi connectivity index (χ0v) is 24.5. The van der Waals surface area contributed by atoms with E-state index in [0.717, 1.165) is 48.3 Å². The molecular weight excluding hydrogens is 536 g/mol. The number of nitrogens with zero attached hydrogens (tertiary/aromatic N) is 3. The third-order valence-electron chi connectivity index (χ3n) is 7.34. The van der Waals surface area contributed by atoms with Crippen molar-refractivity contribution in [3.8, 4) is 5.75 Å². The fourth-order valence-electron chi connectivity index (χ4n) is 5.34. The van der Waals surface area contributed by atoms with E-state index >= 15 is 0 Å². The van der Waals surface area contributed by atoms with E-state index in [1.807, 2.05) is 23.1 Å². The number of carbonyl (C=O) groups is 2. The summed E-state index contributed by atoms with van der Waals surface area (Å²) in [6.07, 6.45) is 3.01. The average Bonchev–Trinajstić information content (AvgIpc) is 3.35. The molecule has 0 fully saturated rings. The van der Waals surface area contributed by atoms with Gasteiger partial charge in [-0.05, 0) is 69.5 Å². The highest BCUT2D eigenvalue weighted by molar-refractivity contribution is 7.22. The molecule has 0 saturated heterocycles. The Labute approximate surface area is 245 Å². The van der Waals surface area contributed by atoms with Gasteiger partial charge in [-0.15, -0.1) is 0 Å². The monoisotopic (exact) mass is 574 g/mol. The Morgan fingerprint density at radius 1 is 1.07 bits per heavy atom. The molecule has 5 rings (SSSR count). The molecule has 1 aliphatic heterocycles. The minimum Gasteiger partial charge on any atom is -0.491 e. The van der Waals surface area contributed by atoms with Gasteiger partial charge in [-0.25, -0.2) is 4.98 Å². The molecule has 0 spiro atoms. The molecule has 8 nitrogen and oxygen atoms in total. The van der Waals surface area contributed by atoms with Crippen LogP contribution in [-0.2, 0) is 11.3 Å². The summed E-state index contributed by atoms with van der Waals surface area (Å²) in [4.78, 5) is 30.9. The summed E-state index contributed by atoms with van der Waals surface area (Å²) in [6, 6.07) is 22.8. The van der Waals surface area contributed by atoms with Gasteiger partial charge < -0.3 is 25.4 Å². The van der Waals surface area contributed by atoms with Gasteiger partial charge in [-0.1, -0.05) is 65.4 Å². The van der Waals surface area contributed by atoms with Crippen molar-refractivity contribution in [2.24, 2.45) is 0 Å². The van der Waals surface area contributed by atoms with Gasteiger partial charge in [-0.2, -0.15) is 0 Å². The van der Waals surface area contributed by atoms with Crippen LogP contribution in [0.15, 0.2) is 66.7 Å². The number of aryl methyl sites for hydroxylation is 1. The van der Waals surface area contributed by atoms with Crippen LogP contribution in [0.4, 0.5) is 5.13 Å². The van der Waals surface area contributed by atoms with Crippen molar-refractivity contribution in [2.45, 2.75) is 38.6 Å². The van der Waals surface area contributed by atoms with Gasteiger partial charge in [-0.3, -0.25) is 9.59 Å². The first kappa shape index (κ1) is 30.0. The van der Waals surface area contributed by atoms with Gasteiger partial charge in [0.05, 0.1) is 22.3 Å². The van der Waals surface area contributed by atoms with Crippen LogP contribution in [0.3, 0.4) is 0 Å². The lowest BCUT2D eigenvalue weighted by atomic mass is 9.91. The van der Waals surface area contributed by atoms with Crippen molar-refractivity contribution in [3.05, 3.63) is 89.0 Å². The molecule has 0 saturated carbocycles. The zero-order chi connectivity index (χ0) is 29.2. The van der Waals surface area contributed by atoms with Crippen molar-refractivity contribution in [2.75, 3.05) is 39.0 Å². The molecule has 0 radical (unpaired) electrons. The van der Waals surface area contributed by atoms with Gasteiger partial charge in [0.15, 0.2) is 5.13 Å². The molecule has 9 heteroatoms. The Hall–Kier alpha value is -3.95. The highest BCUT2D eigenvalue weighted by Gasteiger charge is 2.22. The molecule has 1 amide bonds. The standard InChI is InChI=1S/C31H36N4O2S.CH2O2/c1-22-13-14-28-25(20-22)21-34(2)17-15-24(23-8-4-3-5-9-23)10-7-16-35(18-19-37-28)30(36)26-11-6-12-27-29(26)38-31(32)33-27;2-1-3/h3-6,8-9,11-14,20,24H,7,10,15-19,21H2,1-2H3,(H2,32,33);1H,(H,2,3). The van der Waals surface area contributed by atoms with Crippen LogP contribution in [-0.4, -0.2) is 65.6 Å². The molecule has 1 atom stereocenters. The van der Waals surface area contributed by atoms with E-state index < -0.39 is 0 Å². The van der Waals surface area contributed by atoms with Crippen LogP contribution < -0.4 is 10.5 Å². The van der Waals surface area contributed by atoms with Gasteiger partial charge in [0.1, 0.15) is 12.4 Å². The summed E-state index contributed by atoms with van der Waals surface area (Å²) in [5.41, 5.74) is 11.2. The Kier molecular flexibility index (Phi) is 10.7. The predicted molar refractivity (Wildman–Crippen MR) is 165 cm³/mol. The highest BCUT2D eigenvalue weighted by Crippen LogP contribution is 2.30. The molecule has 3 N–H and O–H groups in total. The maximum atomic E-state index is 13.8. The summed E-state index contributed by atoms with van der Waals surface area (Å²) in [5, 5.41) is 7.37. The number of benzene rings is 3. The summed E-state index contributed by atoms with van der Waals surface area (Å²) >= 11 is 1.37. The lowest BCUT2D eigenvalue weighted by Crippen LogP contribution is -2.36. The van der Waals surface area contributed by atoms with E-state index in [0.29, 0.717) is 36.3 Å². The SMILES string of the molecule is Cc1ccc2c(c1)CN(C)CCC(c1ccccc1)CCCN(C(=O)c1cccc3nc(N)sc13)CCO2.O=CO. The molecule has 2 heterocycles. The van der Waals surface area contributed by atoms with Crippen molar-refractivity contribution in [3.63, 3.8) is 0 Å². The molecule has 216 valence electrons.